The number of aromatic nitrogens is 1. The number of hydrogen-bond acceptors (Lipinski definition) is 2. The number of nitrogen functional groups attached to an aromatic ring is 1. The van der Waals surface area contributed by atoms with E-state index in [1.165, 1.54) is 47.1 Å². The molecule has 158 valence electrons. The lowest BCUT2D eigenvalue weighted by Gasteiger charge is -2.32. The molecule has 0 saturated carbocycles. The van der Waals surface area contributed by atoms with Crippen molar-refractivity contribution < 1.29 is 4.39 Å². The molecule has 4 aromatic rings. The molecule has 5 rings (SSSR count). The van der Waals surface area contributed by atoms with Crippen LogP contribution >= 0.6 is 0 Å². The minimum absolute atomic E-state index is 0.210. The summed E-state index contributed by atoms with van der Waals surface area (Å²) in [6, 6.07) is 21.7. The van der Waals surface area contributed by atoms with Gasteiger partial charge in [-0.25, -0.2) is 4.39 Å². The number of anilines is 1. The number of hydrogen-bond donors (Lipinski definition) is 1. The van der Waals surface area contributed by atoms with Crippen molar-refractivity contribution in [2.24, 2.45) is 0 Å². The van der Waals surface area contributed by atoms with Gasteiger partial charge in [0.2, 0.25) is 0 Å². The molecular formula is C27H28FN3. The largest absolute Gasteiger partial charge is 0.399 e. The highest BCUT2D eigenvalue weighted by molar-refractivity contribution is 5.83. The molecule has 1 aliphatic heterocycles. The fraction of sp³-hybridized carbons (Fsp3) is 0.259. The summed E-state index contributed by atoms with van der Waals surface area (Å²) in [4.78, 5) is 2.56. The average molecular weight is 414 g/mol. The van der Waals surface area contributed by atoms with E-state index in [-0.39, 0.29) is 5.82 Å². The Morgan fingerprint density at radius 1 is 0.968 bits per heavy atom. The molecule has 0 aliphatic carbocycles. The van der Waals surface area contributed by atoms with Gasteiger partial charge in [0.05, 0.1) is 5.52 Å². The van der Waals surface area contributed by atoms with Crippen molar-refractivity contribution >= 4 is 16.6 Å². The number of likely N-dealkylation sites (tertiary alicyclic amines) is 1. The molecule has 2 N–H and O–H groups in total. The van der Waals surface area contributed by atoms with Crippen LogP contribution in [0.5, 0.6) is 0 Å². The van der Waals surface area contributed by atoms with Crippen LogP contribution in [0.15, 0.2) is 72.9 Å². The van der Waals surface area contributed by atoms with Crippen LogP contribution < -0.4 is 5.73 Å². The standard InChI is InChI=1S/C27H28FN3/c1-19-15-27-22(11-14-31(27)26-7-5-24(28)6-8-26)16-23(19)18-30-12-9-20(10-13-30)21-3-2-4-25(29)17-21/h2-8,11,14-17,20H,9-10,12-13,18,29H2,1H3. The summed E-state index contributed by atoms with van der Waals surface area (Å²) in [5.41, 5.74) is 13.0. The van der Waals surface area contributed by atoms with Gasteiger partial charge in [0.1, 0.15) is 5.82 Å². The number of aryl methyl sites for hydroxylation is 1. The van der Waals surface area contributed by atoms with E-state index in [1.54, 1.807) is 0 Å². The lowest BCUT2D eigenvalue weighted by molar-refractivity contribution is 0.204. The maximum Gasteiger partial charge on any atom is 0.123 e. The lowest BCUT2D eigenvalue weighted by atomic mass is 9.89. The van der Waals surface area contributed by atoms with Crippen LogP contribution in [-0.2, 0) is 6.54 Å². The van der Waals surface area contributed by atoms with Crippen molar-refractivity contribution in [1.29, 1.82) is 0 Å². The van der Waals surface area contributed by atoms with Crippen molar-refractivity contribution in [2.75, 3.05) is 18.8 Å². The first-order chi connectivity index (χ1) is 15.1. The molecule has 0 amide bonds. The molecule has 1 aromatic heterocycles. The molecule has 0 spiro atoms. The summed E-state index contributed by atoms with van der Waals surface area (Å²) < 4.78 is 15.4. The molecule has 3 aromatic carbocycles. The average Bonchev–Trinajstić information content (AvgIpc) is 3.17. The van der Waals surface area contributed by atoms with Crippen molar-refractivity contribution in [2.45, 2.75) is 32.2 Å². The van der Waals surface area contributed by atoms with Gasteiger partial charge < -0.3 is 10.3 Å². The molecular weight excluding hydrogens is 385 g/mol. The number of fused-ring (bicyclic) bond motifs is 1. The second-order valence-corrected chi connectivity index (χ2v) is 8.72. The van der Waals surface area contributed by atoms with Gasteiger partial charge in [-0.1, -0.05) is 12.1 Å². The predicted molar refractivity (Wildman–Crippen MR) is 126 cm³/mol. The first-order valence-electron chi connectivity index (χ1n) is 11.0. The van der Waals surface area contributed by atoms with E-state index >= 15 is 0 Å². The lowest BCUT2D eigenvalue weighted by Crippen LogP contribution is -2.32. The number of piperidine rings is 1. The first-order valence-corrected chi connectivity index (χ1v) is 11.0. The smallest absolute Gasteiger partial charge is 0.123 e. The zero-order chi connectivity index (χ0) is 21.4. The number of halogens is 1. The summed E-state index contributed by atoms with van der Waals surface area (Å²) >= 11 is 0. The Morgan fingerprint density at radius 2 is 1.74 bits per heavy atom. The minimum Gasteiger partial charge on any atom is -0.399 e. The summed E-state index contributed by atoms with van der Waals surface area (Å²) in [6.45, 7) is 5.38. The zero-order valence-electron chi connectivity index (χ0n) is 17.9. The van der Waals surface area contributed by atoms with E-state index in [9.17, 15) is 4.39 Å². The Hall–Kier alpha value is -3.11. The Bertz CT molecular complexity index is 1200. The van der Waals surface area contributed by atoms with Gasteiger partial charge >= 0.3 is 0 Å². The van der Waals surface area contributed by atoms with E-state index in [1.807, 2.05) is 18.2 Å². The SMILES string of the molecule is Cc1cc2c(ccn2-c2ccc(F)cc2)cc1CN1CCC(c2cccc(N)c2)CC1. The van der Waals surface area contributed by atoms with Crippen molar-refractivity contribution in [3.63, 3.8) is 0 Å². The molecule has 4 heteroatoms. The van der Waals surface area contributed by atoms with Crippen LogP contribution in [0.3, 0.4) is 0 Å². The Kier molecular flexibility index (Phi) is 5.24. The van der Waals surface area contributed by atoms with Gasteiger partial charge in [-0.3, -0.25) is 4.90 Å². The summed E-state index contributed by atoms with van der Waals surface area (Å²) in [5, 5.41) is 1.22. The van der Waals surface area contributed by atoms with Crippen molar-refractivity contribution in [3.8, 4) is 5.69 Å². The number of benzene rings is 3. The third-order valence-electron chi connectivity index (χ3n) is 6.62. The van der Waals surface area contributed by atoms with E-state index in [0.29, 0.717) is 5.92 Å². The molecule has 31 heavy (non-hydrogen) atoms. The normalized spacial score (nSPS) is 15.5. The molecule has 1 saturated heterocycles. The molecule has 0 radical (unpaired) electrons. The minimum atomic E-state index is -0.210. The third-order valence-corrected chi connectivity index (χ3v) is 6.62. The van der Waals surface area contributed by atoms with Crippen LogP contribution in [0, 0.1) is 12.7 Å². The van der Waals surface area contributed by atoms with Crippen LogP contribution in [0.25, 0.3) is 16.6 Å². The highest BCUT2D eigenvalue weighted by Crippen LogP contribution is 2.31. The second kappa shape index (κ2) is 8.20. The van der Waals surface area contributed by atoms with Crippen LogP contribution in [0.4, 0.5) is 10.1 Å². The Labute approximate surface area is 182 Å². The molecule has 0 unspecified atom stereocenters. The Morgan fingerprint density at radius 3 is 2.48 bits per heavy atom. The summed E-state index contributed by atoms with van der Waals surface area (Å²) in [7, 11) is 0. The van der Waals surface area contributed by atoms with Gasteiger partial charge in [0, 0.05) is 29.5 Å². The fourth-order valence-corrected chi connectivity index (χ4v) is 4.81. The van der Waals surface area contributed by atoms with Crippen LogP contribution in [0.1, 0.15) is 35.4 Å². The second-order valence-electron chi connectivity index (χ2n) is 8.72. The predicted octanol–water partition coefficient (Wildman–Crippen LogP) is 6.04. The van der Waals surface area contributed by atoms with E-state index in [0.717, 1.165) is 36.5 Å². The molecule has 0 atom stereocenters. The Balaban J connectivity index is 1.31. The highest BCUT2D eigenvalue weighted by Gasteiger charge is 2.21. The molecule has 1 fully saturated rings. The van der Waals surface area contributed by atoms with E-state index in [2.05, 4.69) is 59.0 Å². The van der Waals surface area contributed by atoms with Crippen molar-refractivity contribution in [1.82, 2.24) is 9.47 Å². The van der Waals surface area contributed by atoms with Crippen molar-refractivity contribution in [3.05, 3.63) is 95.4 Å². The molecule has 0 bridgehead atoms. The van der Waals surface area contributed by atoms with Gasteiger partial charge in [-0.05, 0) is 110 Å². The quantitative estimate of drug-likeness (QED) is 0.414. The summed E-state index contributed by atoms with van der Waals surface area (Å²) in [5.74, 6) is 0.395. The van der Waals surface area contributed by atoms with Gasteiger partial charge in [0.25, 0.3) is 0 Å². The third kappa shape index (κ3) is 4.08. The molecule has 3 nitrogen and oxygen atoms in total. The van der Waals surface area contributed by atoms with Gasteiger partial charge in [-0.15, -0.1) is 0 Å². The summed E-state index contributed by atoms with van der Waals surface area (Å²) in [6.07, 6.45) is 4.41. The van der Waals surface area contributed by atoms with E-state index < -0.39 is 0 Å². The number of nitrogens with two attached hydrogens (primary N) is 1. The maximum absolute atomic E-state index is 13.3. The monoisotopic (exact) mass is 413 g/mol. The molecule has 2 heterocycles. The topological polar surface area (TPSA) is 34.2 Å². The number of nitrogens with zero attached hydrogens (tertiary/aromatic N) is 2. The zero-order valence-corrected chi connectivity index (χ0v) is 17.9. The van der Waals surface area contributed by atoms with E-state index in [4.69, 9.17) is 5.73 Å². The highest BCUT2D eigenvalue weighted by atomic mass is 19.1. The number of rotatable bonds is 4. The maximum atomic E-state index is 13.3. The molecule has 1 aliphatic rings. The van der Waals surface area contributed by atoms with Gasteiger partial charge in [-0.2, -0.15) is 0 Å². The van der Waals surface area contributed by atoms with Crippen LogP contribution in [-0.4, -0.2) is 22.6 Å². The van der Waals surface area contributed by atoms with Crippen LogP contribution in [0.2, 0.25) is 0 Å². The first kappa shape index (κ1) is 19.8. The fourth-order valence-electron chi connectivity index (χ4n) is 4.81. The van der Waals surface area contributed by atoms with Gasteiger partial charge in [0.15, 0.2) is 0 Å².